The molecular formula is C25H36F2O2. The molecule has 2 nitrogen and oxygen atoms in total. The zero-order valence-electron chi connectivity index (χ0n) is 18.5. The maximum absolute atomic E-state index is 13.6. The number of ether oxygens (including phenoxy) is 1. The fourth-order valence-electron chi connectivity index (χ4n) is 4.04. The van der Waals surface area contributed by atoms with E-state index in [1.165, 1.54) is 19.4 Å². The van der Waals surface area contributed by atoms with E-state index in [2.05, 4.69) is 26.5 Å². The van der Waals surface area contributed by atoms with Gasteiger partial charge in [-0.15, -0.1) is 0 Å². The summed E-state index contributed by atoms with van der Waals surface area (Å²) in [5.41, 5.74) is 2.14. The Hall–Kier alpha value is -1.84. The molecule has 2 unspecified atom stereocenters. The van der Waals surface area contributed by atoms with E-state index in [1.54, 1.807) is 6.07 Å². The molecular weight excluding hydrogens is 370 g/mol. The molecule has 1 aliphatic carbocycles. The second kappa shape index (κ2) is 9.77. The summed E-state index contributed by atoms with van der Waals surface area (Å²) in [7, 11) is 0. The number of halogens is 2. The van der Waals surface area contributed by atoms with Crippen LogP contribution in [-0.2, 0) is 6.42 Å². The third-order valence-electron chi connectivity index (χ3n) is 5.86. The Morgan fingerprint density at radius 3 is 2.59 bits per heavy atom. The second-order valence-electron chi connectivity index (χ2n) is 9.02. The molecule has 0 radical (unpaired) electrons. The fourth-order valence-corrected chi connectivity index (χ4v) is 4.04. The average molecular weight is 407 g/mol. The van der Waals surface area contributed by atoms with Crippen molar-refractivity contribution in [3.8, 4) is 11.5 Å². The van der Waals surface area contributed by atoms with Crippen LogP contribution in [0.25, 0.3) is 0 Å². The van der Waals surface area contributed by atoms with E-state index >= 15 is 0 Å². The number of hydrogen-bond acceptors (Lipinski definition) is 2. The van der Waals surface area contributed by atoms with E-state index in [1.807, 2.05) is 13.0 Å². The Bertz CT molecular complexity index is 749. The third kappa shape index (κ3) is 5.83. The zero-order valence-corrected chi connectivity index (χ0v) is 18.5. The van der Waals surface area contributed by atoms with Crippen LogP contribution in [0.1, 0.15) is 83.8 Å². The number of rotatable bonds is 9. The normalized spacial score (nSPS) is 19.9. The van der Waals surface area contributed by atoms with Gasteiger partial charge in [0, 0.05) is 11.5 Å². The molecule has 0 amide bonds. The zero-order chi connectivity index (χ0) is 21.8. The number of benzene rings is 1. The highest BCUT2D eigenvalue weighted by Gasteiger charge is 2.36. The molecule has 0 bridgehead atoms. The van der Waals surface area contributed by atoms with E-state index in [0.717, 1.165) is 49.7 Å². The van der Waals surface area contributed by atoms with Crippen molar-refractivity contribution < 1.29 is 18.6 Å². The first-order chi connectivity index (χ1) is 13.6. The molecule has 0 spiro atoms. The molecule has 0 saturated heterocycles. The first-order valence-corrected chi connectivity index (χ1v) is 10.7. The summed E-state index contributed by atoms with van der Waals surface area (Å²) in [5.74, 6) is 0.507. The highest BCUT2D eigenvalue weighted by atomic mass is 19.3. The quantitative estimate of drug-likeness (QED) is 0.338. The molecule has 1 N–H and O–H groups in total. The van der Waals surface area contributed by atoms with Crippen LogP contribution in [0.2, 0.25) is 0 Å². The minimum absolute atomic E-state index is 0.126. The molecule has 1 aromatic rings. The molecule has 1 aromatic carbocycles. The van der Waals surface area contributed by atoms with Gasteiger partial charge < -0.3 is 9.84 Å². The van der Waals surface area contributed by atoms with E-state index in [-0.39, 0.29) is 17.6 Å². The van der Waals surface area contributed by atoms with Crippen LogP contribution < -0.4 is 4.74 Å². The standard InChI is InChI=1S/C25H36F2O2/c1-7-8-9-10-18-14-21(28)23(22(15-18)29-25(5,6)24(26)27)20-13-17(4)11-12-19(20)16(2)3/h13-15,19-20,24,28H,2,7-12H2,1,3-6H3. The number of aromatic hydroxyl groups is 1. The molecule has 2 rings (SSSR count). The number of unbranched alkanes of at least 4 members (excludes halogenated alkanes) is 2. The van der Waals surface area contributed by atoms with E-state index < -0.39 is 12.0 Å². The van der Waals surface area contributed by atoms with Gasteiger partial charge in [0.05, 0.1) is 0 Å². The minimum atomic E-state index is -2.64. The van der Waals surface area contributed by atoms with Gasteiger partial charge in [-0.2, -0.15) is 0 Å². The maximum atomic E-state index is 13.6. The minimum Gasteiger partial charge on any atom is -0.507 e. The largest absolute Gasteiger partial charge is 0.507 e. The molecule has 0 heterocycles. The van der Waals surface area contributed by atoms with Gasteiger partial charge in [0.2, 0.25) is 0 Å². The highest BCUT2D eigenvalue weighted by Crippen LogP contribution is 2.47. The Morgan fingerprint density at radius 1 is 1.31 bits per heavy atom. The van der Waals surface area contributed by atoms with Crippen molar-refractivity contribution in [1.82, 2.24) is 0 Å². The van der Waals surface area contributed by atoms with Gasteiger partial charge in [0.1, 0.15) is 11.5 Å². The first-order valence-electron chi connectivity index (χ1n) is 10.7. The van der Waals surface area contributed by atoms with Crippen LogP contribution in [0.3, 0.4) is 0 Å². The van der Waals surface area contributed by atoms with Crippen molar-refractivity contribution >= 4 is 0 Å². The van der Waals surface area contributed by atoms with Crippen molar-refractivity contribution in [2.24, 2.45) is 5.92 Å². The van der Waals surface area contributed by atoms with E-state index in [9.17, 15) is 13.9 Å². The maximum Gasteiger partial charge on any atom is 0.276 e. The van der Waals surface area contributed by atoms with Crippen LogP contribution in [0.5, 0.6) is 11.5 Å². The summed E-state index contributed by atoms with van der Waals surface area (Å²) in [4.78, 5) is 0. The van der Waals surface area contributed by atoms with Gasteiger partial charge in [-0.25, -0.2) is 8.78 Å². The van der Waals surface area contributed by atoms with Gasteiger partial charge >= 0.3 is 0 Å². The smallest absolute Gasteiger partial charge is 0.276 e. The summed E-state index contributed by atoms with van der Waals surface area (Å²) < 4.78 is 33.0. The number of aryl methyl sites for hydroxylation is 1. The summed E-state index contributed by atoms with van der Waals surface area (Å²) in [6.07, 6.45) is 5.36. The fraction of sp³-hybridized carbons (Fsp3) is 0.600. The summed E-state index contributed by atoms with van der Waals surface area (Å²) in [5, 5.41) is 11.0. The monoisotopic (exact) mass is 406 g/mol. The van der Waals surface area contributed by atoms with Crippen LogP contribution in [0, 0.1) is 5.92 Å². The lowest BCUT2D eigenvalue weighted by Crippen LogP contribution is -2.37. The molecule has 0 aromatic heterocycles. The van der Waals surface area contributed by atoms with Crippen molar-refractivity contribution in [3.05, 3.63) is 47.1 Å². The number of hydrogen-bond donors (Lipinski definition) is 1. The number of phenols is 1. The SMILES string of the molecule is C=C(C)C1CCC(C)=CC1c1c(O)cc(CCCCC)cc1OC(C)(C)C(F)F. The van der Waals surface area contributed by atoms with Crippen molar-refractivity contribution in [2.75, 3.05) is 0 Å². The average Bonchev–Trinajstić information content (AvgIpc) is 2.61. The number of phenolic OH excluding ortho intramolecular Hbond substituents is 1. The van der Waals surface area contributed by atoms with Gasteiger partial charge in [0.25, 0.3) is 6.43 Å². The van der Waals surface area contributed by atoms with Crippen LogP contribution in [0.15, 0.2) is 35.9 Å². The predicted octanol–water partition coefficient (Wildman–Crippen LogP) is 7.56. The lowest BCUT2D eigenvalue weighted by molar-refractivity contribution is -0.0518. The second-order valence-corrected chi connectivity index (χ2v) is 9.02. The number of allylic oxidation sites excluding steroid dienone is 3. The Labute approximate surface area is 174 Å². The predicted molar refractivity (Wildman–Crippen MR) is 116 cm³/mol. The van der Waals surface area contributed by atoms with Crippen LogP contribution >= 0.6 is 0 Å². The molecule has 0 saturated carbocycles. The topological polar surface area (TPSA) is 29.5 Å². The third-order valence-corrected chi connectivity index (χ3v) is 5.86. The molecule has 4 heteroatoms. The first kappa shape index (κ1) is 23.4. The number of alkyl halides is 2. The lowest BCUT2D eigenvalue weighted by Gasteiger charge is -2.34. The Kier molecular flexibility index (Phi) is 7.90. The van der Waals surface area contributed by atoms with Crippen molar-refractivity contribution in [2.45, 2.75) is 91.1 Å². The Balaban J connectivity index is 2.56. The molecule has 0 aliphatic heterocycles. The molecule has 2 atom stereocenters. The summed E-state index contributed by atoms with van der Waals surface area (Å²) in [6, 6.07) is 3.63. The van der Waals surface area contributed by atoms with E-state index in [4.69, 9.17) is 4.74 Å². The summed E-state index contributed by atoms with van der Waals surface area (Å²) >= 11 is 0. The van der Waals surface area contributed by atoms with Crippen molar-refractivity contribution in [3.63, 3.8) is 0 Å². The van der Waals surface area contributed by atoms with Gasteiger partial charge in [-0.1, -0.05) is 43.6 Å². The molecule has 0 fully saturated rings. The lowest BCUT2D eigenvalue weighted by atomic mass is 9.73. The van der Waals surface area contributed by atoms with Gasteiger partial charge in [0.15, 0.2) is 5.60 Å². The van der Waals surface area contributed by atoms with Crippen LogP contribution in [-0.4, -0.2) is 17.1 Å². The van der Waals surface area contributed by atoms with E-state index in [0.29, 0.717) is 11.3 Å². The van der Waals surface area contributed by atoms with Crippen LogP contribution in [0.4, 0.5) is 8.78 Å². The van der Waals surface area contributed by atoms with Crippen molar-refractivity contribution in [1.29, 1.82) is 0 Å². The Morgan fingerprint density at radius 2 is 2.00 bits per heavy atom. The van der Waals surface area contributed by atoms with Gasteiger partial charge in [-0.3, -0.25) is 0 Å². The molecule has 162 valence electrons. The molecule has 1 aliphatic rings. The molecule has 29 heavy (non-hydrogen) atoms. The highest BCUT2D eigenvalue weighted by molar-refractivity contribution is 5.53. The van der Waals surface area contributed by atoms with Gasteiger partial charge in [-0.05, 0) is 77.0 Å². The summed E-state index contributed by atoms with van der Waals surface area (Å²) in [6.45, 7) is 13.1.